The SMILES string of the molecule is C#Cc1ccc2c(c1)c1cc(C#C)ccc1n2CCCCCCCCCCCCCCCCCC. The number of fused-ring (bicyclic) bond motifs is 3. The highest BCUT2D eigenvalue weighted by Gasteiger charge is 2.11. The normalized spacial score (nSPS) is 11.2. The minimum Gasteiger partial charge on any atom is -0.340 e. The van der Waals surface area contributed by atoms with E-state index in [2.05, 4.69) is 47.6 Å². The van der Waals surface area contributed by atoms with Gasteiger partial charge in [0.2, 0.25) is 0 Å². The summed E-state index contributed by atoms with van der Waals surface area (Å²) in [5, 5.41) is 2.42. The average Bonchev–Trinajstić information content (AvgIpc) is 3.20. The van der Waals surface area contributed by atoms with Gasteiger partial charge in [0.25, 0.3) is 0 Å². The molecule has 0 saturated heterocycles. The van der Waals surface area contributed by atoms with Crippen LogP contribution >= 0.6 is 0 Å². The van der Waals surface area contributed by atoms with Gasteiger partial charge in [-0.3, -0.25) is 0 Å². The summed E-state index contributed by atoms with van der Waals surface area (Å²) in [7, 11) is 0. The summed E-state index contributed by atoms with van der Waals surface area (Å²) < 4.78 is 2.45. The number of unbranched alkanes of at least 4 members (excludes halogenated alkanes) is 15. The maximum Gasteiger partial charge on any atom is 0.0492 e. The van der Waals surface area contributed by atoms with Gasteiger partial charge in [-0.05, 0) is 42.8 Å². The van der Waals surface area contributed by atoms with Gasteiger partial charge >= 0.3 is 0 Å². The lowest BCUT2D eigenvalue weighted by molar-refractivity contribution is 0.524. The lowest BCUT2D eigenvalue weighted by Gasteiger charge is -2.08. The van der Waals surface area contributed by atoms with E-state index >= 15 is 0 Å². The van der Waals surface area contributed by atoms with Crippen molar-refractivity contribution in [3.05, 3.63) is 47.5 Å². The van der Waals surface area contributed by atoms with Crippen LogP contribution in [0.4, 0.5) is 0 Å². The lowest BCUT2D eigenvalue weighted by atomic mass is 10.0. The Kier molecular flexibility index (Phi) is 11.8. The zero-order chi connectivity index (χ0) is 24.7. The predicted molar refractivity (Wildman–Crippen MR) is 155 cm³/mol. The Morgan fingerprint density at radius 1 is 0.543 bits per heavy atom. The molecule has 0 spiro atoms. The fourth-order valence-corrected chi connectivity index (χ4v) is 5.34. The standard InChI is InChI=1S/C34H45N/c1-4-7-8-9-10-11-12-13-14-15-16-17-18-19-20-21-26-35-33-24-22-29(5-2)27-31(33)32-28-30(6-3)23-25-34(32)35/h2-3,22-25,27-28H,4,7-21,26H2,1H3. The molecule has 0 amide bonds. The van der Waals surface area contributed by atoms with Crippen LogP contribution in [-0.2, 0) is 6.54 Å². The molecule has 1 aromatic heterocycles. The monoisotopic (exact) mass is 467 g/mol. The first kappa shape index (κ1) is 27.0. The van der Waals surface area contributed by atoms with E-state index in [1.165, 1.54) is 125 Å². The van der Waals surface area contributed by atoms with E-state index in [0.717, 1.165) is 17.7 Å². The summed E-state index contributed by atoms with van der Waals surface area (Å²) in [5.41, 5.74) is 4.36. The molecule has 0 fully saturated rings. The summed E-state index contributed by atoms with van der Waals surface area (Å²) in [6.45, 7) is 3.34. The molecule has 2 aromatic carbocycles. The van der Waals surface area contributed by atoms with E-state index in [0.29, 0.717) is 0 Å². The Balaban J connectivity index is 1.34. The van der Waals surface area contributed by atoms with Crippen LogP contribution in [0.15, 0.2) is 36.4 Å². The molecule has 186 valence electrons. The Labute approximate surface area is 214 Å². The molecule has 0 aliphatic rings. The van der Waals surface area contributed by atoms with Crippen LogP contribution in [0.5, 0.6) is 0 Å². The molecule has 0 N–H and O–H groups in total. The number of hydrogen-bond acceptors (Lipinski definition) is 0. The first-order valence-electron chi connectivity index (χ1n) is 14.3. The van der Waals surface area contributed by atoms with E-state index < -0.39 is 0 Å². The van der Waals surface area contributed by atoms with Crippen molar-refractivity contribution in [2.24, 2.45) is 0 Å². The van der Waals surface area contributed by atoms with E-state index in [1.807, 2.05) is 12.1 Å². The second-order valence-corrected chi connectivity index (χ2v) is 10.2. The molecular weight excluding hydrogens is 422 g/mol. The number of terminal acetylenes is 2. The molecule has 3 aromatic rings. The van der Waals surface area contributed by atoms with Crippen LogP contribution in [0.25, 0.3) is 21.8 Å². The summed E-state index contributed by atoms with van der Waals surface area (Å²) in [6.07, 6.45) is 33.7. The van der Waals surface area contributed by atoms with Crippen LogP contribution in [0.2, 0.25) is 0 Å². The highest BCUT2D eigenvalue weighted by atomic mass is 15.0. The molecule has 0 atom stereocenters. The lowest BCUT2D eigenvalue weighted by Crippen LogP contribution is -1.98. The minimum atomic E-state index is 0.921. The molecule has 0 saturated carbocycles. The zero-order valence-electron chi connectivity index (χ0n) is 22.1. The number of hydrogen-bond donors (Lipinski definition) is 0. The van der Waals surface area contributed by atoms with Gasteiger partial charge in [0.05, 0.1) is 0 Å². The van der Waals surface area contributed by atoms with E-state index in [-0.39, 0.29) is 0 Å². The maximum absolute atomic E-state index is 5.66. The topological polar surface area (TPSA) is 4.93 Å². The average molecular weight is 468 g/mol. The van der Waals surface area contributed by atoms with Gasteiger partial charge in [0, 0.05) is 39.5 Å². The summed E-state index contributed by atoms with van der Waals surface area (Å²) >= 11 is 0. The predicted octanol–water partition coefficient (Wildman–Crippen LogP) is 10.0. The van der Waals surface area contributed by atoms with Crippen LogP contribution in [-0.4, -0.2) is 4.57 Å². The number of aromatic nitrogens is 1. The highest BCUT2D eigenvalue weighted by Crippen LogP contribution is 2.31. The number of nitrogens with zero attached hydrogens (tertiary/aromatic N) is 1. The second kappa shape index (κ2) is 15.4. The molecule has 0 unspecified atom stereocenters. The van der Waals surface area contributed by atoms with Crippen molar-refractivity contribution in [2.45, 2.75) is 116 Å². The minimum absolute atomic E-state index is 0.921. The van der Waals surface area contributed by atoms with Crippen LogP contribution in [0.1, 0.15) is 121 Å². The van der Waals surface area contributed by atoms with Crippen molar-refractivity contribution in [1.82, 2.24) is 4.57 Å². The Hall–Kier alpha value is -2.64. The third-order valence-corrected chi connectivity index (χ3v) is 7.43. The maximum atomic E-state index is 5.66. The van der Waals surface area contributed by atoms with Crippen LogP contribution < -0.4 is 0 Å². The summed E-state index contributed by atoms with van der Waals surface area (Å²) in [4.78, 5) is 0. The molecule has 1 heteroatoms. The van der Waals surface area contributed by atoms with Gasteiger partial charge in [0.15, 0.2) is 0 Å². The van der Waals surface area contributed by atoms with Crippen molar-refractivity contribution >= 4 is 21.8 Å². The quantitative estimate of drug-likeness (QED) is 0.137. The summed E-state index contributed by atoms with van der Waals surface area (Å²) in [5.74, 6) is 5.55. The van der Waals surface area contributed by atoms with E-state index in [1.54, 1.807) is 0 Å². The first-order valence-corrected chi connectivity index (χ1v) is 14.3. The van der Waals surface area contributed by atoms with Crippen molar-refractivity contribution < 1.29 is 0 Å². The zero-order valence-corrected chi connectivity index (χ0v) is 22.1. The molecule has 35 heavy (non-hydrogen) atoms. The van der Waals surface area contributed by atoms with Gasteiger partial charge in [-0.15, -0.1) is 12.8 Å². The summed E-state index contributed by atoms with van der Waals surface area (Å²) in [6, 6.07) is 12.7. The van der Waals surface area contributed by atoms with Gasteiger partial charge in [-0.2, -0.15) is 0 Å². The van der Waals surface area contributed by atoms with E-state index in [9.17, 15) is 0 Å². The van der Waals surface area contributed by atoms with Crippen molar-refractivity contribution in [1.29, 1.82) is 0 Å². The molecule has 0 bridgehead atoms. The molecular formula is C34H45N. The molecule has 0 aliphatic carbocycles. The second-order valence-electron chi connectivity index (χ2n) is 10.2. The molecule has 3 rings (SSSR count). The fourth-order valence-electron chi connectivity index (χ4n) is 5.34. The highest BCUT2D eigenvalue weighted by molar-refractivity contribution is 6.08. The Morgan fingerprint density at radius 2 is 0.914 bits per heavy atom. The number of rotatable bonds is 17. The molecule has 1 nitrogen and oxygen atoms in total. The third kappa shape index (κ3) is 8.22. The van der Waals surface area contributed by atoms with Gasteiger partial charge in [0.1, 0.15) is 0 Å². The van der Waals surface area contributed by atoms with Crippen molar-refractivity contribution in [3.63, 3.8) is 0 Å². The first-order chi connectivity index (χ1) is 17.3. The van der Waals surface area contributed by atoms with Gasteiger partial charge in [-0.25, -0.2) is 0 Å². The third-order valence-electron chi connectivity index (χ3n) is 7.43. The number of aryl methyl sites for hydroxylation is 1. The van der Waals surface area contributed by atoms with Crippen molar-refractivity contribution in [3.8, 4) is 24.7 Å². The fraction of sp³-hybridized carbons (Fsp3) is 0.529. The smallest absolute Gasteiger partial charge is 0.0492 e. The Bertz CT molecular complexity index is 1050. The number of benzene rings is 2. The molecule has 0 aliphatic heterocycles. The van der Waals surface area contributed by atoms with E-state index in [4.69, 9.17) is 12.8 Å². The van der Waals surface area contributed by atoms with Gasteiger partial charge in [-0.1, -0.05) is 115 Å². The van der Waals surface area contributed by atoms with Crippen LogP contribution in [0.3, 0.4) is 0 Å². The largest absolute Gasteiger partial charge is 0.340 e. The molecule has 0 radical (unpaired) electrons. The van der Waals surface area contributed by atoms with Gasteiger partial charge < -0.3 is 4.57 Å². The molecule has 1 heterocycles. The van der Waals surface area contributed by atoms with Crippen molar-refractivity contribution in [2.75, 3.05) is 0 Å². The van der Waals surface area contributed by atoms with Crippen LogP contribution in [0, 0.1) is 24.7 Å². The Morgan fingerprint density at radius 3 is 1.29 bits per heavy atom.